The van der Waals surface area contributed by atoms with Gasteiger partial charge in [0.25, 0.3) is 0 Å². The molecule has 1 aliphatic rings. The van der Waals surface area contributed by atoms with Gasteiger partial charge in [-0.15, -0.1) is 0 Å². The van der Waals surface area contributed by atoms with Gasteiger partial charge in [-0.25, -0.2) is 0 Å². The van der Waals surface area contributed by atoms with Crippen molar-refractivity contribution in [3.05, 3.63) is 33.8 Å². The highest BCUT2D eigenvalue weighted by atomic mass is 35.5. The summed E-state index contributed by atoms with van der Waals surface area (Å²) < 4.78 is 0. The van der Waals surface area contributed by atoms with E-state index < -0.39 is 0 Å². The highest BCUT2D eigenvalue weighted by molar-refractivity contribution is 6.36. The van der Waals surface area contributed by atoms with Crippen molar-refractivity contribution in [2.24, 2.45) is 11.1 Å². The molecular formula is C15H22Cl2N2. The van der Waals surface area contributed by atoms with E-state index in [-0.39, 0.29) is 6.04 Å². The molecule has 0 radical (unpaired) electrons. The fourth-order valence-electron chi connectivity index (χ4n) is 2.98. The van der Waals surface area contributed by atoms with Gasteiger partial charge in [-0.1, -0.05) is 43.1 Å². The molecule has 0 saturated heterocycles. The summed E-state index contributed by atoms with van der Waals surface area (Å²) in [6.45, 7) is 5.13. The Morgan fingerprint density at radius 2 is 2.00 bits per heavy atom. The van der Waals surface area contributed by atoms with E-state index in [4.69, 9.17) is 28.9 Å². The standard InChI is InChI=1S/C15H22Cl2N2/c1-15(2)7-6-10(8-15)19-13(9-18)14-11(16)4-3-5-12(14)17/h3-5,10,13,19H,6-9,18H2,1-2H3. The van der Waals surface area contributed by atoms with Crippen LogP contribution in [0.3, 0.4) is 0 Å². The van der Waals surface area contributed by atoms with E-state index >= 15 is 0 Å². The molecular weight excluding hydrogens is 279 g/mol. The average molecular weight is 301 g/mol. The Hall–Kier alpha value is -0.280. The second kappa shape index (κ2) is 6.01. The van der Waals surface area contributed by atoms with Crippen LogP contribution in [-0.4, -0.2) is 12.6 Å². The number of benzene rings is 1. The molecule has 0 bridgehead atoms. The zero-order valence-electron chi connectivity index (χ0n) is 11.5. The molecule has 1 saturated carbocycles. The predicted molar refractivity (Wildman–Crippen MR) is 82.8 cm³/mol. The van der Waals surface area contributed by atoms with Gasteiger partial charge < -0.3 is 11.1 Å². The maximum Gasteiger partial charge on any atom is 0.0476 e. The van der Waals surface area contributed by atoms with Crippen LogP contribution in [0.15, 0.2) is 18.2 Å². The summed E-state index contributed by atoms with van der Waals surface area (Å²) in [5, 5.41) is 5.00. The lowest BCUT2D eigenvalue weighted by molar-refractivity contribution is 0.353. The number of rotatable bonds is 4. The second-order valence-electron chi connectivity index (χ2n) is 6.19. The molecule has 3 N–H and O–H groups in total. The average Bonchev–Trinajstić information content (AvgIpc) is 2.67. The van der Waals surface area contributed by atoms with Crippen LogP contribution in [-0.2, 0) is 0 Å². The van der Waals surface area contributed by atoms with Gasteiger partial charge in [0.1, 0.15) is 0 Å². The highest BCUT2D eigenvalue weighted by Crippen LogP contribution is 2.38. The molecule has 1 aliphatic carbocycles. The minimum Gasteiger partial charge on any atom is -0.329 e. The molecule has 4 heteroatoms. The first-order valence-electron chi connectivity index (χ1n) is 6.83. The molecule has 1 aromatic carbocycles. The fourth-order valence-corrected chi connectivity index (χ4v) is 3.64. The fraction of sp³-hybridized carbons (Fsp3) is 0.600. The number of hydrogen-bond acceptors (Lipinski definition) is 2. The second-order valence-corrected chi connectivity index (χ2v) is 7.01. The van der Waals surface area contributed by atoms with Crippen LogP contribution in [0, 0.1) is 5.41 Å². The molecule has 1 aromatic rings. The number of halogens is 2. The summed E-state index contributed by atoms with van der Waals surface area (Å²) in [6, 6.07) is 6.12. The first-order chi connectivity index (χ1) is 8.93. The molecule has 2 unspecified atom stereocenters. The van der Waals surface area contributed by atoms with Crippen molar-refractivity contribution in [2.75, 3.05) is 6.54 Å². The minimum absolute atomic E-state index is 0.0279. The molecule has 0 amide bonds. The largest absolute Gasteiger partial charge is 0.329 e. The van der Waals surface area contributed by atoms with E-state index in [1.807, 2.05) is 18.2 Å². The SMILES string of the molecule is CC1(C)CCC(NC(CN)c2c(Cl)cccc2Cl)C1. The maximum atomic E-state index is 6.26. The molecule has 2 atom stereocenters. The Bertz CT molecular complexity index is 426. The summed E-state index contributed by atoms with van der Waals surface area (Å²) in [4.78, 5) is 0. The monoisotopic (exact) mass is 300 g/mol. The summed E-state index contributed by atoms with van der Waals surface area (Å²) in [7, 11) is 0. The Morgan fingerprint density at radius 3 is 2.47 bits per heavy atom. The first-order valence-corrected chi connectivity index (χ1v) is 7.58. The van der Waals surface area contributed by atoms with E-state index in [0.717, 1.165) is 5.56 Å². The van der Waals surface area contributed by atoms with Gasteiger partial charge in [0.05, 0.1) is 0 Å². The number of nitrogens with one attached hydrogen (secondary N) is 1. The van der Waals surface area contributed by atoms with Crippen LogP contribution in [0.4, 0.5) is 0 Å². The van der Waals surface area contributed by atoms with Gasteiger partial charge >= 0.3 is 0 Å². The Kier molecular flexibility index (Phi) is 4.78. The maximum absolute atomic E-state index is 6.26. The van der Waals surface area contributed by atoms with Crippen molar-refractivity contribution < 1.29 is 0 Å². The molecule has 19 heavy (non-hydrogen) atoms. The Labute approximate surface area is 125 Å². The lowest BCUT2D eigenvalue weighted by atomic mass is 9.91. The third kappa shape index (κ3) is 3.63. The molecule has 106 valence electrons. The van der Waals surface area contributed by atoms with Crippen LogP contribution in [0.25, 0.3) is 0 Å². The lowest BCUT2D eigenvalue weighted by Crippen LogP contribution is -2.36. The predicted octanol–water partition coefficient (Wildman–Crippen LogP) is 4.16. The summed E-state index contributed by atoms with van der Waals surface area (Å²) >= 11 is 12.5. The van der Waals surface area contributed by atoms with E-state index in [2.05, 4.69) is 19.2 Å². The minimum atomic E-state index is 0.0279. The van der Waals surface area contributed by atoms with Crippen LogP contribution in [0.2, 0.25) is 10.0 Å². The van der Waals surface area contributed by atoms with Crippen molar-refractivity contribution in [1.82, 2.24) is 5.32 Å². The molecule has 1 fully saturated rings. The smallest absolute Gasteiger partial charge is 0.0476 e. The van der Waals surface area contributed by atoms with Gasteiger partial charge in [-0.2, -0.15) is 0 Å². The zero-order valence-corrected chi connectivity index (χ0v) is 13.1. The van der Waals surface area contributed by atoms with E-state index in [1.165, 1.54) is 19.3 Å². The van der Waals surface area contributed by atoms with Gasteiger partial charge in [-0.05, 0) is 36.8 Å². The van der Waals surface area contributed by atoms with E-state index in [9.17, 15) is 0 Å². The molecule has 0 heterocycles. The summed E-state index contributed by atoms with van der Waals surface area (Å²) in [5.41, 5.74) is 7.25. The Balaban J connectivity index is 2.13. The van der Waals surface area contributed by atoms with Crippen molar-refractivity contribution in [3.63, 3.8) is 0 Å². The highest BCUT2D eigenvalue weighted by Gasteiger charge is 2.32. The topological polar surface area (TPSA) is 38.0 Å². The normalized spacial score (nSPS) is 23.5. The molecule has 2 rings (SSSR count). The molecule has 0 aliphatic heterocycles. The molecule has 0 spiro atoms. The van der Waals surface area contributed by atoms with Crippen LogP contribution in [0.1, 0.15) is 44.7 Å². The molecule has 0 aromatic heterocycles. The Morgan fingerprint density at radius 1 is 1.37 bits per heavy atom. The van der Waals surface area contributed by atoms with Gasteiger partial charge in [0.2, 0.25) is 0 Å². The third-order valence-corrected chi connectivity index (χ3v) is 4.65. The van der Waals surface area contributed by atoms with Gasteiger partial charge in [-0.3, -0.25) is 0 Å². The van der Waals surface area contributed by atoms with Crippen molar-refractivity contribution >= 4 is 23.2 Å². The summed E-state index contributed by atoms with van der Waals surface area (Å²) in [6.07, 6.45) is 3.61. The van der Waals surface area contributed by atoms with Crippen molar-refractivity contribution in [3.8, 4) is 0 Å². The molecule has 2 nitrogen and oxygen atoms in total. The summed E-state index contributed by atoms with van der Waals surface area (Å²) in [5.74, 6) is 0. The van der Waals surface area contributed by atoms with Crippen LogP contribution >= 0.6 is 23.2 Å². The van der Waals surface area contributed by atoms with Crippen LogP contribution in [0.5, 0.6) is 0 Å². The third-order valence-electron chi connectivity index (χ3n) is 3.99. The van der Waals surface area contributed by atoms with Crippen molar-refractivity contribution in [1.29, 1.82) is 0 Å². The first kappa shape index (κ1) is 15.1. The zero-order chi connectivity index (χ0) is 14.0. The number of hydrogen-bond donors (Lipinski definition) is 2. The van der Waals surface area contributed by atoms with E-state index in [1.54, 1.807) is 0 Å². The van der Waals surface area contributed by atoms with Gasteiger partial charge in [0, 0.05) is 34.2 Å². The van der Waals surface area contributed by atoms with Gasteiger partial charge in [0.15, 0.2) is 0 Å². The lowest BCUT2D eigenvalue weighted by Gasteiger charge is -2.25. The van der Waals surface area contributed by atoms with E-state index in [0.29, 0.717) is 28.0 Å². The quantitative estimate of drug-likeness (QED) is 0.876. The van der Waals surface area contributed by atoms with Crippen LogP contribution < -0.4 is 11.1 Å². The van der Waals surface area contributed by atoms with Crippen molar-refractivity contribution in [2.45, 2.75) is 45.2 Å². The number of nitrogens with two attached hydrogens (primary N) is 1.